The van der Waals surface area contributed by atoms with Crippen LogP contribution < -0.4 is 4.90 Å². The molecular formula is C12H18N4S. The summed E-state index contributed by atoms with van der Waals surface area (Å²) in [6, 6.07) is 1.33. The third kappa shape index (κ3) is 1.90. The first-order chi connectivity index (χ1) is 8.20. The number of fused-ring (bicyclic) bond motifs is 1. The molecule has 2 fully saturated rings. The smallest absolute Gasteiger partial charge is 0.208 e. The van der Waals surface area contributed by atoms with E-state index < -0.39 is 0 Å². The summed E-state index contributed by atoms with van der Waals surface area (Å²) in [5, 5.41) is 9.23. The van der Waals surface area contributed by atoms with Gasteiger partial charge in [0.2, 0.25) is 5.16 Å². The van der Waals surface area contributed by atoms with Crippen molar-refractivity contribution in [3.8, 4) is 0 Å². The fourth-order valence-electron chi connectivity index (χ4n) is 2.90. The van der Waals surface area contributed by atoms with Crippen LogP contribution in [0.2, 0.25) is 0 Å². The van der Waals surface area contributed by atoms with Crippen molar-refractivity contribution in [3.63, 3.8) is 0 Å². The molecule has 1 aromatic heterocycles. The van der Waals surface area contributed by atoms with Crippen molar-refractivity contribution in [2.45, 2.75) is 43.9 Å². The number of nitrogens with zero attached hydrogens (tertiary/aromatic N) is 4. The second kappa shape index (κ2) is 4.12. The minimum absolute atomic E-state index is 0.620. The Morgan fingerprint density at radius 1 is 1.35 bits per heavy atom. The zero-order valence-corrected chi connectivity index (χ0v) is 11.3. The van der Waals surface area contributed by atoms with Crippen LogP contribution in [0.4, 0.5) is 5.82 Å². The fourth-order valence-corrected chi connectivity index (χ4v) is 3.18. The minimum Gasteiger partial charge on any atom is -0.347 e. The summed E-state index contributed by atoms with van der Waals surface area (Å²) in [5.74, 6) is 2.53. The molecule has 2 aliphatic rings. The SMILES string of the molecule is CSc1ncc(N2C(C(C)C)CC3CC32)nn1. The third-order valence-corrected chi connectivity index (χ3v) is 4.44. The Bertz CT molecular complexity index is 405. The van der Waals surface area contributed by atoms with E-state index in [2.05, 4.69) is 33.9 Å². The molecule has 0 amide bonds. The lowest BCUT2D eigenvalue weighted by Gasteiger charge is -2.30. The molecule has 3 rings (SSSR count). The van der Waals surface area contributed by atoms with Gasteiger partial charge in [-0.3, -0.25) is 0 Å². The molecule has 1 aliphatic heterocycles. The van der Waals surface area contributed by atoms with Gasteiger partial charge in [0.05, 0.1) is 6.20 Å². The van der Waals surface area contributed by atoms with Gasteiger partial charge in [0.15, 0.2) is 5.82 Å². The van der Waals surface area contributed by atoms with Gasteiger partial charge in [-0.2, -0.15) is 0 Å². The molecule has 0 spiro atoms. The van der Waals surface area contributed by atoms with E-state index in [1.165, 1.54) is 24.6 Å². The van der Waals surface area contributed by atoms with Crippen molar-refractivity contribution >= 4 is 17.6 Å². The summed E-state index contributed by atoms with van der Waals surface area (Å²) in [6.07, 6.45) is 6.50. The van der Waals surface area contributed by atoms with Crippen LogP contribution in [-0.4, -0.2) is 33.5 Å². The van der Waals surface area contributed by atoms with E-state index in [0.717, 1.165) is 16.9 Å². The molecule has 1 saturated heterocycles. The maximum absolute atomic E-state index is 4.34. The molecule has 4 nitrogen and oxygen atoms in total. The Balaban J connectivity index is 1.85. The highest BCUT2D eigenvalue weighted by molar-refractivity contribution is 7.98. The highest BCUT2D eigenvalue weighted by Gasteiger charge is 2.53. The molecular weight excluding hydrogens is 232 g/mol. The second-order valence-electron chi connectivity index (χ2n) is 5.32. The molecule has 1 aliphatic carbocycles. The number of piperidine rings is 1. The first-order valence-electron chi connectivity index (χ1n) is 6.22. The lowest BCUT2D eigenvalue weighted by atomic mass is 10.00. The van der Waals surface area contributed by atoms with Crippen molar-refractivity contribution in [3.05, 3.63) is 6.20 Å². The van der Waals surface area contributed by atoms with Crippen LogP contribution in [0.15, 0.2) is 11.4 Å². The van der Waals surface area contributed by atoms with Gasteiger partial charge >= 0.3 is 0 Å². The van der Waals surface area contributed by atoms with Gasteiger partial charge in [0.1, 0.15) is 0 Å². The maximum atomic E-state index is 4.34. The van der Waals surface area contributed by atoms with E-state index in [4.69, 9.17) is 0 Å². The van der Waals surface area contributed by atoms with E-state index in [-0.39, 0.29) is 0 Å². The van der Waals surface area contributed by atoms with E-state index in [0.29, 0.717) is 18.0 Å². The number of hydrogen-bond acceptors (Lipinski definition) is 5. The average Bonchev–Trinajstić information content (AvgIpc) is 3.00. The van der Waals surface area contributed by atoms with Crippen molar-refractivity contribution < 1.29 is 0 Å². The molecule has 92 valence electrons. The van der Waals surface area contributed by atoms with E-state index in [1.807, 2.05) is 12.5 Å². The average molecular weight is 250 g/mol. The number of anilines is 1. The minimum atomic E-state index is 0.620. The summed E-state index contributed by atoms with van der Waals surface area (Å²) in [5.41, 5.74) is 0. The Morgan fingerprint density at radius 3 is 2.76 bits per heavy atom. The van der Waals surface area contributed by atoms with Gasteiger partial charge in [0, 0.05) is 12.1 Å². The summed E-state index contributed by atoms with van der Waals surface area (Å²) in [4.78, 5) is 6.79. The molecule has 0 radical (unpaired) electrons. The molecule has 3 atom stereocenters. The standard InChI is InChI=1S/C12H18N4S/c1-7(2)9-4-8-5-10(8)16(9)11-6-13-12(17-3)15-14-11/h6-10H,4-5H2,1-3H3. The second-order valence-corrected chi connectivity index (χ2v) is 6.09. The Hall–Kier alpha value is -0.840. The topological polar surface area (TPSA) is 41.9 Å². The molecule has 1 aromatic rings. The van der Waals surface area contributed by atoms with Gasteiger partial charge in [-0.15, -0.1) is 10.2 Å². The third-order valence-electron chi connectivity index (χ3n) is 3.89. The Morgan fingerprint density at radius 2 is 2.18 bits per heavy atom. The summed E-state index contributed by atoms with van der Waals surface area (Å²) in [6.45, 7) is 4.58. The predicted molar refractivity (Wildman–Crippen MR) is 69.2 cm³/mol. The van der Waals surface area contributed by atoms with Gasteiger partial charge < -0.3 is 4.90 Å². The van der Waals surface area contributed by atoms with Gasteiger partial charge in [-0.05, 0) is 30.9 Å². The number of hydrogen-bond donors (Lipinski definition) is 0. The largest absolute Gasteiger partial charge is 0.347 e. The van der Waals surface area contributed by atoms with Crippen LogP contribution in [0.5, 0.6) is 0 Å². The van der Waals surface area contributed by atoms with Gasteiger partial charge in [-0.1, -0.05) is 25.6 Å². The first kappa shape index (κ1) is 11.3. The van der Waals surface area contributed by atoms with Crippen molar-refractivity contribution in [2.24, 2.45) is 11.8 Å². The van der Waals surface area contributed by atoms with E-state index >= 15 is 0 Å². The first-order valence-corrected chi connectivity index (χ1v) is 7.45. The molecule has 0 bridgehead atoms. The number of aromatic nitrogens is 3. The van der Waals surface area contributed by atoms with Gasteiger partial charge in [0.25, 0.3) is 0 Å². The van der Waals surface area contributed by atoms with Crippen LogP contribution in [0, 0.1) is 11.8 Å². The van der Waals surface area contributed by atoms with E-state index in [9.17, 15) is 0 Å². The molecule has 5 heteroatoms. The highest BCUT2D eigenvalue weighted by Crippen LogP contribution is 2.50. The molecule has 3 unspecified atom stereocenters. The number of thioether (sulfide) groups is 1. The van der Waals surface area contributed by atoms with Crippen LogP contribution in [-0.2, 0) is 0 Å². The Labute approximate surface area is 106 Å². The summed E-state index contributed by atoms with van der Waals surface area (Å²) < 4.78 is 0. The quantitative estimate of drug-likeness (QED) is 0.769. The molecule has 0 N–H and O–H groups in total. The van der Waals surface area contributed by atoms with Crippen LogP contribution in [0.3, 0.4) is 0 Å². The molecule has 2 heterocycles. The monoisotopic (exact) mass is 250 g/mol. The lowest BCUT2D eigenvalue weighted by molar-refractivity contribution is 0.453. The van der Waals surface area contributed by atoms with Crippen LogP contribution in [0.1, 0.15) is 26.7 Å². The summed E-state index contributed by atoms with van der Waals surface area (Å²) >= 11 is 1.54. The lowest BCUT2D eigenvalue weighted by Crippen LogP contribution is -2.37. The van der Waals surface area contributed by atoms with Gasteiger partial charge in [-0.25, -0.2) is 4.98 Å². The summed E-state index contributed by atoms with van der Waals surface area (Å²) in [7, 11) is 0. The van der Waals surface area contributed by atoms with Crippen molar-refractivity contribution in [1.82, 2.24) is 15.2 Å². The maximum Gasteiger partial charge on any atom is 0.208 e. The molecule has 0 aromatic carbocycles. The molecule has 17 heavy (non-hydrogen) atoms. The van der Waals surface area contributed by atoms with E-state index in [1.54, 1.807) is 0 Å². The Kier molecular flexibility index (Phi) is 2.73. The normalized spacial score (nSPS) is 30.8. The zero-order valence-electron chi connectivity index (χ0n) is 10.5. The zero-order chi connectivity index (χ0) is 12.0. The fraction of sp³-hybridized carbons (Fsp3) is 0.750. The predicted octanol–water partition coefficient (Wildman–Crippen LogP) is 2.22. The number of rotatable bonds is 3. The van der Waals surface area contributed by atoms with Crippen molar-refractivity contribution in [2.75, 3.05) is 11.2 Å². The van der Waals surface area contributed by atoms with Crippen LogP contribution in [0.25, 0.3) is 0 Å². The molecule has 1 saturated carbocycles. The van der Waals surface area contributed by atoms with Crippen LogP contribution >= 0.6 is 11.8 Å². The van der Waals surface area contributed by atoms with Crippen molar-refractivity contribution in [1.29, 1.82) is 0 Å². The highest BCUT2D eigenvalue weighted by atomic mass is 32.2.